The van der Waals surface area contributed by atoms with Crippen molar-refractivity contribution in [3.8, 4) is 23.6 Å². The predicted molar refractivity (Wildman–Crippen MR) is 109 cm³/mol. The average molecular weight is 401 g/mol. The standard InChI is InChI=1S/C21H15N5O2S/c1-12(27)18(24-17-7-6-15(11-23)19-16(17)8-9-29-19)21-26-25-20(28-21)14-4-2-13(10-22)3-5-14/h2-9,12,18,24,27H,1H3/t12-,18+/m0/s1. The molecule has 0 saturated carbocycles. The molecular weight excluding hydrogens is 386 g/mol. The van der Waals surface area contributed by atoms with Crippen LogP contribution in [0.4, 0.5) is 5.69 Å². The third-order valence-corrected chi connectivity index (χ3v) is 5.45. The topological polar surface area (TPSA) is 119 Å². The summed E-state index contributed by atoms with van der Waals surface area (Å²) < 4.78 is 6.68. The van der Waals surface area contributed by atoms with Crippen LogP contribution >= 0.6 is 11.3 Å². The number of aromatic nitrogens is 2. The second kappa shape index (κ2) is 7.72. The fourth-order valence-corrected chi connectivity index (χ4v) is 3.88. The minimum absolute atomic E-state index is 0.243. The number of aliphatic hydroxyl groups excluding tert-OH is 1. The average Bonchev–Trinajstić information content (AvgIpc) is 3.42. The molecule has 2 heterocycles. The van der Waals surface area contributed by atoms with E-state index in [0.29, 0.717) is 22.6 Å². The van der Waals surface area contributed by atoms with E-state index in [1.165, 1.54) is 11.3 Å². The molecule has 7 nitrogen and oxygen atoms in total. The van der Waals surface area contributed by atoms with Gasteiger partial charge in [-0.2, -0.15) is 10.5 Å². The van der Waals surface area contributed by atoms with Crippen LogP contribution in [0.25, 0.3) is 21.5 Å². The van der Waals surface area contributed by atoms with Crippen LogP contribution in [0, 0.1) is 22.7 Å². The van der Waals surface area contributed by atoms with Crippen LogP contribution in [-0.2, 0) is 0 Å². The molecule has 0 spiro atoms. The third-order valence-electron chi connectivity index (χ3n) is 4.50. The first-order valence-corrected chi connectivity index (χ1v) is 9.67. The van der Waals surface area contributed by atoms with E-state index in [9.17, 15) is 10.4 Å². The lowest BCUT2D eigenvalue weighted by molar-refractivity contribution is 0.160. The van der Waals surface area contributed by atoms with Crippen LogP contribution in [0.5, 0.6) is 0 Å². The SMILES string of the molecule is C[C@H](O)[C@@H](Nc1ccc(C#N)c2sccc12)c1nnc(-c2ccc(C#N)cc2)o1. The molecule has 142 valence electrons. The van der Waals surface area contributed by atoms with Crippen molar-refractivity contribution in [3.63, 3.8) is 0 Å². The number of thiophene rings is 1. The van der Waals surface area contributed by atoms with Gasteiger partial charge in [0.15, 0.2) is 0 Å². The smallest absolute Gasteiger partial charge is 0.247 e. The summed E-state index contributed by atoms with van der Waals surface area (Å²) >= 11 is 1.49. The van der Waals surface area contributed by atoms with Gasteiger partial charge in [-0.05, 0) is 54.8 Å². The van der Waals surface area contributed by atoms with Crippen molar-refractivity contribution in [2.24, 2.45) is 0 Å². The van der Waals surface area contributed by atoms with Crippen molar-refractivity contribution in [1.82, 2.24) is 10.2 Å². The molecule has 4 rings (SSSR count). The second-order valence-corrected chi connectivity index (χ2v) is 7.35. The van der Waals surface area contributed by atoms with Gasteiger partial charge in [0.05, 0.1) is 28.0 Å². The Kier molecular flexibility index (Phi) is 4.96. The molecule has 29 heavy (non-hydrogen) atoms. The normalized spacial score (nSPS) is 12.8. The van der Waals surface area contributed by atoms with Gasteiger partial charge in [-0.15, -0.1) is 21.5 Å². The maximum atomic E-state index is 10.3. The number of hydrogen-bond acceptors (Lipinski definition) is 8. The van der Waals surface area contributed by atoms with Gasteiger partial charge < -0.3 is 14.8 Å². The Morgan fingerprint density at radius 3 is 2.55 bits per heavy atom. The quantitative estimate of drug-likeness (QED) is 0.513. The fraction of sp³-hybridized carbons (Fsp3) is 0.143. The zero-order valence-electron chi connectivity index (χ0n) is 15.3. The van der Waals surface area contributed by atoms with Crippen molar-refractivity contribution in [1.29, 1.82) is 10.5 Å². The Morgan fingerprint density at radius 2 is 1.86 bits per heavy atom. The van der Waals surface area contributed by atoms with Crippen LogP contribution in [-0.4, -0.2) is 21.4 Å². The monoisotopic (exact) mass is 401 g/mol. The van der Waals surface area contributed by atoms with E-state index < -0.39 is 12.1 Å². The number of nitrogens with one attached hydrogen (secondary N) is 1. The maximum Gasteiger partial charge on any atom is 0.247 e. The maximum absolute atomic E-state index is 10.3. The Hall–Kier alpha value is -3.72. The number of hydrogen-bond donors (Lipinski definition) is 2. The van der Waals surface area contributed by atoms with Gasteiger partial charge in [-0.3, -0.25) is 0 Å². The summed E-state index contributed by atoms with van der Waals surface area (Å²) in [7, 11) is 0. The van der Waals surface area contributed by atoms with E-state index in [-0.39, 0.29) is 5.89 Å². The highest BCUT2D eigenvalue weighted by molar-refractivity contribution is 7.17. The van der Waals surface area contributed by atoms with Gasteiger partial charge in [0.1, 0.15) is 12.1 Å². The Balaban J connectivity index is 1.66. The summed E-state index contributed by atoms with van der Waals surface area (Å²) in [5.41, 5.74) is 2.60. The molecule has 0 amide bonds. The zero-order chi connectivity index (χ0) is 20.4. The molecule has 0 bridgehead atoms. The number of nitrogens with zero attached hydrogens (tertiary/aromatic N) is 4. The molecular formula is C21H15N5O2S. The highest BCUT2D eigenvalue weighted by atomic mass is 32.1. The van der Waals surface area contributed by atoms with Gasteiger partial charge >= 0.3 is 0 Å². The molecule has 0 unspecified atom stereocenters. The van der Waals surface area contributed by atoms with Gasteiger partial charge in [0.25, 0.3) is 0 Å². The number of benzene rings is 2. The van der Waals surface area contributed by atoms with Crippen LogP contribution in [0.1, 0.15) is 30.0 Å². The van der Waals surface area contributed by atoms with Crippen molar-refractivity contribution in [2.45, 2.75) is 19.1 Å². The zero-order valence-corrected chi connectivity index (χ0v) is 16.1. The molecule has 0 fully saturated rings. The Labute approximate surface area is 170 Å². The summed E-state index contributed by atoms with van der Waals surface area (Å²) in [5, 5.41) is 42.8. The predicted octanol–water partition coefficient (Wildman–Crippen LogP) is 4.23. The van der Waals surface area contributed by atoms with E-state index in [2.05, 4.69) is 27.7 Å². The first-order chi connectivity index (χ1) is 14.1. The minimum Gasteiger partial charge on any atom is -0.418 e. The van der Waals surface area contributed by atoms with Crippen molar-refractivity contribution in [2.75, 3.05) is 5.32 Å². The summed E-state index contributed by atoms with van der Waals surface area (Å²) in [6.07, 6.45) is -0.811. The molecule has 2 aromatic heterocycles. The lowest BCUT2D eigenvalue weighted by Crippen LogP contribution is -2.23. The second-order valence-electron chi connectivity index (χ2n) is 6.43. The highest BCUT2D eigenvalue weighted by Gasteiger charge is 2.25. The fourth-order valence-electron chi connectivity index (χ4n) is 3.00. The lowest BCUT2D eigenvalue weighted by atomic mass is 10.1. The van der Waals surface area contributed by atoms with E-state index in [4.69, 9.17) is 9.68 Å². The van der Waals surface area contributed by atoms with Crippen molar-refractivity contribution >= 4 is 27.1 Å². The number of rotatable bonds is 5. The molecule has 2 atom stereocenters. The van der Waals surface area contributed by atoms with Crippen LogP contribution in [0.2, 0.25) is 0 Å². The first kappa shape index (κ1) is 18.6. The van der Waals surface area contributed by atoms with Crippen LogP contribution in [0.3, 0.4) is 0 Å². The summed E-state index contributed by atoms with van der Waals surface area (Å²) in [6, 6.07) is 15.9. The van der Waals surface area contributed by atoms with Gasteiger partial charge in [0, 0.05) is 16.6 Å². The van der Waals surface area contributed by atoms with Gasteiger partial charge in [0.2, 0.25) is 11.8 Å². The summed E-state index contributed by atoms with van der Waals surface area (Å²) in [4.78, 5) is 0. The van der Waals surface area contributed by atoms with E-state index in [1.807, 2.05) is 11.4 Å². The molecule has 0 aliphatic rings. The van der Waals surface area contributed by atoms with Crippen LogP contribution < -0.4 is 5.32 Å². The molecule has 4 aromatic rings. The van der Waals surface area contributed by atoms with Crippen molar-refractivity contribution in [3.05, 3.63) is 64.9 Å². The van der Waals surface area contributed by atoms with E-state index >= 15 is 0 Å². The summed E-state index contributed by atoms with van der Waals surface area (Å²) in [6.45, 7) is 1.64. The molecule has 2 N–H and O–H groups in total. The molecule has 2 aromatic carbocycles. The van der Waals surface area contributed by atoms with Gasteiger partial charge in [-0.25, -0.2) is 0 Å². The third kappa shape index (κ3) is 3.55. The van der Waals surface area contributed by atoms with E-state index in [1.54, 1.807) is 43.3 Å². The molecule has 0 aliphatic heterocycles. The number of nitriles is 2. The molecule has 0 aliphatic carbocycles. The van der Waals surface area contributed by atoms with Crippen LogP contribution in [0.15, 0.2) is 52.3 Å². The number of aliphatic hydroxyl groups is 1. The molecule has 0 saturated heterocycles. The number of fused-ring (bicyclic) bond motifs is 1. The largest absolute Gasteiger partial charge is 0.418 e. The Bertz CT molecular complexity index is 1240. The Morgan fingerprint density at radius 1 is 1.07 bits per heavy atom. The molecule has 8 heteroatoms. The molecule has 0 radical (unpaired) electrons. The first-order valence-electron chi connectivity index (χ1n) is 8.79. The minimum atomic E-state index is -0.811. The number of anilines is 1. The lowest BCUT2D eigenvalue weighted by Gasteiger charge is -2.20. The van der Waals surface area contributed by atoms with Crippen molar-refractivity contribution < 1.29 is 9.52 Å². The summed E-state index contributed by atoms with van der Waals surface area (Å²) in [5.74, 6) is 0.546. The van der Waals surface area contributed by atoms with Gasteiger partial charge in [-0.1, -0.05) is 0 Å². The highest BCUT2D eigenvalue weighted by Crippen LogP contribution is 2.34. The van der Waals surface area contributed by atoms with E-state index in [0.717, 1.165) is 15.8 Å².